The topological polar surface area (TPSA) is 81.8 Å². The molecule has 5 nitrogen and oxygen atoms in total. The Morgan fingerprint density at radius 3 is 2.45 bits per heavy atom. The molecule has 1 aliphatic rings. The van der Waals surface area contributed by atoms with Gasteiger partial charge in [0.1, 0.15) is 0 Å². The zero-order valence-corrected chi connectivity index (χ0v) is 6.24. The van der Waals surface area contributed by atoms with Crippen molar-refractivity contribution in [3.8, 4) is 0 Å². The largest absolute Gasteiger partial charge is 0.480 e. The van der Waals surface area contributed by atoms with Gasteiger partial charge in [0.2, 0.25) is 0 Å². The first kappa shape index (κ1) is 8.45. The smallest absolute Gasteiger partial charge is 0.326 e. The van der Waals surface area contributed by atoms with Crippen LogP contribution in [-0.2, 0) is 14.3 Å². The molecular weight excluding hydrogens is 150 g/mol. The van der Waals surface area contributed by atoms with E-state index in [-0.39, 0.29) is 0 Å². The van der Waals surface area contributed by atoms with Crippen LogP contribution in [0.4, 0.5) is 0 Å². The fourth-order valence-corrected chi connectivity index (χ4v) is 0.934. The normalized spacial score (nSPS) is 24.9. The summed E-state index contributed by atoms with van der Waals surface area (Å²) in [5.74, 6) is -2.26. The molecule has 0 aromatic heterocycles. The predicted octanol–water partition coefficient (Wildman–Crippen LogP) is -0.839. The second kappa shape index (κ2) is 2.77. The summed E-state index contributed by atoms with van der Waals surface area (Å²) >= 11 is 0. The highest BCUT2D eigenvalue weighted by atomic mass is 16.7. The van der Waals surface area contributed by atoms with E-state index in [1.165, 1.54) is 6.92 Å². The van der Waals surface area contributed by atoms with Crippen molar-refractivity contribution in [2.75, 3.05) is 13.2 Å². The molecule has 1 heterocycles. The highest BCUT2D eigenvalue weighted by molar-refractivity contribution is 5.74. The molecule has 1 fully saturated rings. The summed E-state index contributed by atoms with van der Waals surface area (Å²) in [5, 5.41) is 8.52. The van der Waals surface area contributed by atoms with E-state index in [9.17, 15) is 4.79 Å². The maximum atomic E-state index is 10.4. The molecule has 0 spiro atoms. The first-order valence-corrected chi connectivity index (χ1v) is 3.32. The van der Waals surface area contributed by atoms with E-state index in [1.54, 1.807) is 0 Å². The Balaban J connectivity index is 2.63. The SMILES string of the molecule is CC1(C(N)C(=O)O)OCCO1. The van der Waals surface area contributed by atoms with Gasteiger partial charge in [-0.05, 0) is 6.92 Å². The molecule has 1 unspecified atom stereocenters. The molecule has 0 aromatic carbocycles. The summed E-state index contributed by atoms with van der Waals surface area (Å²) in [6.45, 7) is 2.33. The maximum Gasteiger partial charge on any atom is 0.326 e. The molecule has 5 heteroatoms. The molecule has 1 aliphatic heterocycles. The monoisotopic (exact) mass is 161 g/mol. The summed E-state index contributed by atoms with van der Waals surface area (Å²) in [6, 6.07) is -1.12. The van der Waals surface area contributed by atoms with Crippen molar-refractivity contribution in [2.24, 2.45) is 5.73 Å². The lowest BCUT2D eigenvalue weighted by atomic mass is 10.1. The van der Waals surface area contributed by atoms with Gasteiger partial charge < -0.3 is 20.3 Å². The molecule has 1 atom stereocenters. The quantitative estimate of drug-likeness (QED) is 0.552. The second-order valence-corrected chi connectivity index (χ2v) is 2.53. The van der Waals surface area contributed by atoms with Gasteiger partial charge in [-0.15, -0.1) is 0 Å². The van der Waals surface area contributed by atoms with Crippen molar-refractivity contribution in [3.05, 3.63) is 0 Å². The third-order valence-corrected chi connectivity index (χ3v) is 1.69. The van der Waals surface area contributed by atoms with Crippen LogP contribution < -0.4 is 5.73 Å². The van der Waals surface area contributed by atoms with Crippen LogP contribution >= 0.6 is 0 Å². The molecule has 11 heavy (non-hydrogen) atoms. The molecule has 0 bridgehead atoms. The van der Waals surface area contributed by atoms with Crippen LogP contribution in [0.5, 0.6) is 0 Å². The minimum atomic E-state index is -1.15. The molecule has 0 aliphatic carbocycles. The van der Waals surface area contributed by atoms with Crippen LogP contribution in [0.3, 0.4) is 0 Å². The average molecular weight is 161 g/mol. The maximum absolute atomic E-state index is 10.4. The molecule has 0 radical (unpaired) electrons. The molecule has 0 aromatic rings. The third kappa shape index (κ3) is 1.50. The first-order chi connectivity index (χ1) is 5.06. The van der Waals surface area contributed by atoms with Gasteiger partial charge in [0, 0.05) is 0 Å². The van der Waals surface area contributed by atoms with E-state index in [4.69, 9.17) is 20.3 Å². The van der Waals surface area contributed by atoms with Crippen molar-refractivity contribution in [1.82, 2.24) is 0 Å². The molecule has 0 amide bonds. The zero-order chi connectivity index (χ0) is 8.48. The van der Waals surface area contributed by atoms with Gasteiger partial charge in [0.25, 0.3) is 0 Å². The van der Waals surface area contributed by atoms with Crippen molar-refractivity contribution in [3.63, 3.8) is 0 Å². The number of aliphatic carboxylic acids is 1. The summed E-state index contributed by atoms with van der Waals surface area (Å²) in [5.41, 5.74) is 5.31. The molecule has 0 saturated carbocycles. The van der Waals surface area contributed by atoms with E-state index < -0.39 is 17.8 Å². The number of carboxylic acids is 1. The molecular formula is C6H11NO4. The van der Waals surface area contributed by atoms with Crippen LogP contribution in [0, 0.1) is 0 Å². The van der Waals surface area contributed by atoms with Crippen LogP contribution in [-0.4, -0.2) is 36.1 Å². The molecule has 1 rings (SSSR count). The number of hydrogen-bond donors (Lipinski definition) is 2. The third-order valence-electron chi connectivity index (χ3n) is 1.69. The fraction of sp³-hybridized carbons (Fsp3) is 0.833. The fourth-order valence-electron chi connectivity index (χ4n) is 0.934. The van der Waals surface area contributed by atoms with Crippen LogP contribution in [0.25, 0.3) is 0 Å². The summed E-state index contributed by atoms with van der Waals surface area (Å²) in [4.78, 5) is 10.4. The van der Waals surface area contributed by atoms with E-state index in [0.29, 0.717) is 13.2 Å². The standard InChI is InChI=1S/C6H11NO4/c1-6(4(7)5(8)9)10-2-3-11-6/h4H,2-3,7H2,1H3,(H,8,9). The highest BCUT2D eigenvalue weighted by Gasteiger charge is 2.41. The lowest BCUT2D eigenvalue weighted by Gasteiger charge is -2.25. The summed E-state index contributed by atoms with van der Waals surface area (Å²) in [7, 11) is 0. The summed E-state index contributed by atoms with van der Waals surface area (Å²) < 4.78 is 10.1. The van der Waals surface area contributed by atoms with Crippen molar-refractivity contribution in [1.29, 1.82) is 0 Å². The van der Waals surface area contributed by atoms with Gasteiger partial charge in [-0.1, -0.05) is 0 Å². The Kier molecular flexibility index (Phi) is 2.12. The Morgan fingerprint density at radius 2 is 2.09 bits per heavy atom. The predicted molar refractivity (Wildman–Crippen MR) is 35.9 cm³/mol. The van der Waals surface area contributed by atoms with Crippen LogP contribution in [0.2, 0.25) is 0 Å². The van der Waals surface area contributed by atoms with Gasteiger partial charge in [-0.2, -0.15) is 0 Å². The number of ether oxygens (including phenoxy) is 2. The minimum Gasteiger partial charge on any atom is -0.480 e. The zero-order valence-electron chi connectivity index (χ0n) is 6.24. The number of rotatable bonds is 2. The van der Waals surface area contributed by atoms with Gasteiger partial charge >= 0.3 is 5.97 Å². The average Bonchev–Trinajstić information content (AvgIpc) is 2.35. The molecule has 64 valence electrons. The lowest BCUT2D eigenvalue weighted by Crippen LogP contribution is -2.51. The van der Waals surface area contributed by atoms with Crippen molar-refractivity contribution in [2.45, 2.75) is 18.8 Å². The second-order valence-electron chi connectivity index (χ2n) is 2.53. The lowest BCUT2D eigenvalue weighted by molar-refractivity contribution is -0.178. The number of nitrogens with two attached hydrogens (primary N) is 1. The minimum absolute atomic E-state index is 0.400. The Hall–Kier alpha value is -0.650. The van der Waals surface area contributed by atoms with Crippen molar-refractivity contribution >= 4 is 5.97 Å². The number of carbonyl (C=O) groups is 1. The van der Waals surface area contributed by atoms with Gasteiger partial charge in [-0.3, -0.25) is 4.79 Å². The number of hydrogen-bond acceptors (Lipinski definition) is 4. The van der Waals surface area contributed by atoms with Gasteiger partial charge in [0.15, 0.2) is 11.8 Å². The van der Waals surface area contributed by atoms with E-state index in [0.717, 1.165) is 0 Å². The summed E-state index contributed by atoms with van der Waals surface area (Å²) in [6.07, 6.45) is 0. The van der Waals surface area contributed by atoms with E-state index in [2.05, 4.69) is 0 Å². The molecule has 3 N–H and O–H groups in total. The Labute approximate surface area is 64.1 Å². The van der Waals surface area contributed by atoms with E-state index in [1.807, 2.05) is 0 Å². The van der Waals surface area contributed by atoms with E-state index >= 15 is 0 Å². The van der Waals surface area contributed by atoms with Crippen LogP contribution in [0.15, 0.2) is 0 Å². The van der Waals surface area contributed by atoms with Gasteiger partial charge in [0.05, 0.1) is 13.2 Å². The Morgan fingerprint density at radius 1 is 1.64 bits per heavy atom. The van der Waals surface area contributed by atoms with Crippen molar-refractivity contribution < 1.29 is 19.4 Å². The van der Waals surface area contributed by atoms with Gasteiger partial charge in [-0.25, -0.2) is 0 Å². The van der Waals surface area contributed by atoms with Crippen LogP contribution in [0.1, 0.15) is 6.92 Å². The first-order valence-electron chi connectivity index (χ1n) is 3.32. The highest BCUT2D eigenvalue weighted by Crippen LogP contribution is 2.21. The number of carboxylic acid groups (broad SMARTS) is 1. The Bertz CT molecular complexity index is 164. The molecule has 1 saturated heterocycles.